The second kappa shape index (κ2) is 5.81. The minimum absolute atomic E-state index is 0.362. The number of hydrogen-bond donors (Lipinski definition) is 3. The number of rotatable bonds is 3. The first-order valence-corrected chi connectivity index (χ1v) is 7.83. The van der Waals surface area contributed by atoms with Gasteiger partial charge in [0.1, 0.15) is 29.8 Å². The SMILES string of the molecule is CCCN(C)C1=NC2C(O)[C@H](O)[C@@H](C(C)(C)O)O[C@@H]2S1. The maximum atomic E-state index is 10.2. The molecule has 1 saturated heterocycles. The molecule has 0 aliphatic carbocycles. The Hall–Kier alpha value is -0.340. The Balaban J connectivity index is 2.13. The predicted molar refractivity (Wildman–Crippen MR) is 78.7 cm³/mol. The maximum absolute atomic E-state index is 10.2. The van der Waals surface area contributed by atoms with E-state index in [2.05, 4.69) is 11.9 Å². The molecule has 0 aromatic carbocycles. The monoisotopic (exact) mass is 304 g/mol. The van der Waals surface area contributed by atoms with Gasteiger partial charge in [0.2, 0.25) is 0 Å². The molecule has 0 radical (unpaired) electrons. The summed E-state index contributed by atoms with van der Waals surface area (Å²) in [5.74, 6) is 0. The lowest BCUT2D eigenvalue weighted by Gasteiger charge is -2.43. The average Bonchev–Trinajstić information content (AvgIpc) is 2.77. The lowest BCUT2D eigenvalue weighted by atomic mass is 9.89. The van der Waals surface area contributed by atoms with Gasteiger partial charge in [-0.25, -0.2) is 0 Å². The van der Waals surface area contributed by atoms with Gasteiger partial charge in [-0.15, -0.1) is 0 Å². The highest BCUT2D eigenvalue weighted by Gasteiger charge is 2.52. The quantitative estimate of drug-likeness (QED) is 0.681. The molecule has 0 bridgehead atoms. The largest absolute Gasteiger partial charge is 0.388 e. The molecule has 0 aromatic heterocycles. The van der Waals surface area contributed by atoms with Crippen LogP contribution in [0.4, 0.5) is 0 Å². The summed E-state index contributed by atoms with van der Waals surface area (Å²) >= 11 is 1.44. The van der Waals surface area contributed by atoms with Crippen LogP contribution in [-0.2, 0) is 4.74 Å². The van der Waals surface area contributed by atoms with E-state index in [4.69, 9.17) is 4.74 Å². The van der Waals surface area contributed by atoms with Gasteiger partial charge in [0, 0.05) is 13.6 Å². The summed E-state index contributed by atoms with van der Waals surface area (Å²) in [5.41, 5.74) is -1.58. The number of fused-ring (bicyclic) bond motifs is 1. The van der Waals surface area contributed by atoms with Crippen molar-refractivity contribution in [2.24, 2.45) is 4.99 Å². The molecule has 0 saturated carbocycles. The van der Waals surface area contributed by atoms with Crippen LogP contribution < -0.4 is 0 Å². The van der Waals surface area contributed by atoms with E-state index in [1.54, 1.807) is 13.8 Å². The van der Waals surface area contributed by atoms with E-state index in [9.17, 15) is 15.3 Å². The normalized spacial score (nSPS) is 37.5. The third-order valence-corrected chi connectivity index (χ3v) is 4.88. The molecule has 0 aromatic rings. The van der Waals surface area contributed by atoms with Crippen LogP contribution in [0.3, 0.4) is 0 Å². The molecule has 2 rings (SSSR count). The van der Waals surface area contributed by atoms with Crippen LogP contribution in [0, 0.1) is 0 Å². The Labute approximate surface area is 123 Å². The van der Waals surface area contributed by atoms with E-state index in [0.717, 1.165) is 18.1 Å². The second-order valence-electron chi connectivity index (χ2n) is 6.00. The lowest BCUT2D eigenvalue weighted by Crippen LogP contribution is -2.61. The fourth-order valence-electron chi connectivity index (χ4n) is 2.55. The topological polar surface area (TPSA) is 85.5 Å². The summed E-state index contributed by atoms with van der Waals surface area (Å²) in [5, 5.41) is 31.2. The zero-order valence-electron chi connectivity index (χ0n) is 12.4. The van der Waals surface area contributed by atoms with Crippen LogP contribution in [-0.4, -0.2) is 74.4 Å². The summed E-state index contributed by atoms with van der Waals surface area (Å²) in [6, 6.07) is -0.483. The zero-order valence-corrected chi connectivity index (χ0v) is 13.2. The second-order valence-corrected chi connectivity index (χ2v) is 7.07. The smallest absolute Gasteiger partial charge is 0.162 e. The molecule has 7 heteroatoms. The molecule has 2 heterocycles. The summed E-state index contributed by atoms with van der Waals surface area (Å²) in [7, 11) is 1.95. The molecule has 0 spiro atoms. The Kier molecular flexibility index (Phi) is 4.66. The highest BCUT2D eigenvalue weighted by atomic mass is 32.2. The maximum Gasteiger partial charge on any atom is 0.162 e. The van der Waals surface area contributed by atoms with Crippen molar-refractivity contribution in [2.45, 2.75) is 62.6 Å². The van der Waals surface area contributed by atoms with E-state index in [1.807, 2.05) is 11.9 Å². The third-order valence-electron chi connectivity index (χ3n) is 3.63. The van der Waals surface area contributed by atoms with Crippen molar-refractivity contribution in [3.63, 3.8) is 0 Å². The number of amidine groups is 1. The Morgan fingerprint density at radius 1 is 1.35 bits per heavy atom. The molecule has 1 fully saturated rings. The minimum Gasteiger partial charge on any atom is -0.388 e. The van der Waals surface area contributed by atoms with Gasteiger partial charge < -0.3 is 25.0 Å². The number of hydrogen-bond acceptors (Lipinski definition) is 7. The standard InChI is InChI=1S/C13H24N2O4S/c1-5-6-15(4)12-14-7-8(16)9(17)10(13(2,3)18)19-11(7)20-12/h7-11,16-18H,5-6H2,1-4H3/t7?,8?,9-,10-,11+/m0/s1. The first kappa shape index (κ1) is 16.0. The van der Waals surface area contributed by atoms with Gasteiger partial charge >= 0.3 is 0 Å². The van der Waals surface area contributed by atoms with E-state index in [0.29, 0.717) is 0 Å². The van der Waals surface area contributed by atoms with Crippen LogP contribution in [0.2, 0.25) is 0 Å². The molecule has 20 heavy (non-hydrogen) atoms. The molecular formula is C13H24N2O4S. The number of nitrogens with zero attached hydrogens (tertiary/aromatic N) is 2. The van der Waals surface area contributed by atoms with Crippen molar-refractivity contribution in [1.29, 1.82) is 0 Å². The fraction of sp³-hybridized carbons (Fsp3) is 0.923. The molecule has 0 amide bonds. The molecule has 2 aliphatic heterocycles. The van der Waals surface area contributed by atoms with Crippen molar-refractivity contribution in [2.75, 3.05) is 13.6 Å². The summed E-state index contributed by atoms with van der Waals surface area (Å²) in [6.45, 7) is 6.10. The van der Waals surface area contributed by atoms with E-state index < -0.39 is 30.0 Å². The lowest BCUT2D eigenvalue weighted by molar-refractivity contribution is -0.208. The van der Waals surface area contributed by atoms with Crippen LogP contribution in [0.15, 0.2) is 4.99 Å². The van der Waals surface area contributed by atoms with Crippen molar-refractivity contribution in [3.8, 4) is 0 Å². The molecule has 6 nitrogen and oxygen atoms in total. The van der Waals surface area contributed by atoms with Gasteiger partial charge in [0.25, 0.3) is 0 Å². The van der Waals surface area contributed by atoms with Crippen molar-refractivity contribution in [3.05, 3.63) is 0 Å². The first-order valence-electron chi connectivity index (χ1n) is 6.95. The zero-order chi connectivity index (χ0) is 15.1. The van der Waals surface area contributed by atoms with Crippen LogP contribution in [0.1, 0.15) is 27.2 Å². The van der Waals surface area contributed by atoms with Crippen LogP contribution in [0.5, 0.6) is 0 Å². The van der Waals surface area contributed by atoms with Crippen molar-refractivity contribution >= 4 is 16.9 Å². The van der Waals surface area contributed by atoms with E-state index >= 15 is 0 Å². The van der Waals surface area contributed by atoms with Crippen LogP contribution >= 0.6 is 11.8 Å². The van der Waals surface area contributed by atoms with E-state index in [1.165, 1.54) is 11.8 Å². The van der Waals surface area contributed by atoms with Gasteiger partial charge in [-0.3, -0.25) is 4.99 Å². The number of aliphatic hydroxyl groups is 3. The summed E-state index contributed by atoms with van der Waals surface area (Å²) in [4.78, 5) is 6.48. The fourth-order valence-corrected chi connectivity index (χ4v) is 3.75. The number of ether oxygens (including phenoxy) is 1. The summed E-state index contributed by atoms with van der Waals surface area (Å²) < 4.78 is 5.78. The number of aliphatic hydroxyl groups excluding tert-OH is 2. The Morgan fingerprint density at radius 2 is 2.00 bits per heavy atom. The Morgan fingerprint density at radius 3 is 2.55 bits per heavy atom. The molecule has 3 N–H and O–H groups in total. The predicted octanol–water partition coefficient (Wildman–Crippen LogP) is 0.0172. The van der Waals surface area contributed by atoms with Gasteiger partial charge in [-0.1, -0.05) is 18.7 Å². The average molecular weight is 304 g/mol. The third kappa shape index (κ3) is 2.96. The molecule has 2 aliphatic rings. The molecule has 5 atom stereocenters. The summed E-state index contributed by atoms with van der Waals surface area (Å²) in [6.07, 6.45) is -1.98. The van der Waals surface area contributed by atoms with E-state index in [-0.39, 0.29) is 5.44 Å². The van der Waals surface area contributed by atoms with Crippen molar-refractivity contribution < 1.29 is 20.1 Å². The number of thioether (sulfide) groups is 1. The van der Waals surface area contributed by atoms with Gasteiger partial charge in [0.15, 0.2) is 5.17 Å². The first-order chi connectivity index (χ1) is 9.25. The minimum atomic E-state index is -1.22. The van der Waals surface area contributed by atoms with Gasteiger partial charge in [-0.05, 0) is 20.3 Å². The van der Waals surface area contributed by atoms with Gasteiger partial charge in [0.05, 0.1) is 5.60 Å². The Bertz CT molecular complexity index is 385. The highest BCUT2D eigenvalue weighted by Crippen LogP contribution is 2.39. The molecular weight excluding hydrogens is 280 g/mol. The highest BCUT2D eigenvalue weighted by molar-refractivity contribution is 8.14. The van der Waals surface area contributed by atoms with Gasteiger partial charge in [-0.2, -0.15) is 0 Å². The van der Waals surface area contributed by atoms with Crippen LogP contribution in [0.25, 0.3) is 0 Å². The number of aliphatic imine (C=N–C) groups is 1. The molecule has 116 valence electrons. The molecule has 2 unspecified atom stereocenters. The van der Waals surface area contributed by atoms with Crippen molar-refractivity contribution in [1.82, 2.24) is 4.90 Å².